The second kappa shape index (κ2) is 2.91. The van der Waals surface area contributed by atoms with Gasteiger partial charge in [0.25, 0.3) is 0 Å². The van der Waals surface area contributed by atoms with Gasteiger partial charge >= 0.3 is 0 Å². The van der Waals surface area contributed by atoms with Crippen LogP contribution in [0.2, 0.25) is 0 Å². The molecular weight excluding hydrogens is 124 g/mol. The van der Waals surface area contributed by atoms with E-state index in [-0.39, 0.29) is 0 Å². The lowest BCUT2D eigenvalue weighted by Gasteiger charge is -2.37. The Morgan fingerprint density at radius 1 is 1.50 bits per heavy atom. The maximum absolute atomic E-state index is 5.42. The van der Waals surface area contributed by atoms with E-state index < -0.39 is 0 Å². The molecular formula is C9H18O. The second-order valence-corrected chi connectivity index (χ2v) is 3.94. The first kappa shape index (κ1) is 8.06. The smallest absolute Gasteiger partial charge is 0.0519 e. The van der Waals surface area contributed by atoms with Crippen molar-refractivity contribution < 1.29 is 4.74 Å². The van der Waals surface area contributed by atoms with Crippen LogP contribution in [0.5, 0.6) is 0 Å². The average molecular weight is 142 g/mol. The lowest BCUT2D eigenvalue weighted by molar-refractivity contribution is -0.0324. The first-order valence-electron chi connectivity index (χ1n) is 4.24. The van der Waals surface area contributed by atoms with Crippen molar-refractivity contribution in [1.29, 1.82) is 0 Å². The molecule has 1 heteroatoms. The molecule has 1 atom stereocenters. The van der Waals surface area contributed by atoms with Gasteiger partial charge in [-0.05, 0) is 17.8 Å². The Bertz CT molecular complexity index is 107. The van der Waals surface area contributed by atoms with Crippen LogP contribution in [-0.2, 0) is 4.74 Å². The lowest BCUT2D eigenvalue weighted by atomic mass is 9.75. The van der Waals surface area contributed by atoms with Crippen molar-refractivity contribution in [2.24, 2.45) is 11.3 Å². The standard InChI is InChI=1S/C9H18O/c1-4-8-5-6-10-7-9(8,2)3/h8H,4-7H2,1-3H3. The van der Waals surface area contributed by atoms with Crippen LogP contribution in [0.15, 0.2) is 0 Å². The van der Waals surface area contributed by atoms with Gasteiger partial charge in [-0.1, -0.05) is 27.2 Å². The van der Waals surface area contributed by atoms with Crippen molar-refractivity contribution in [2.45, 2.75) is 33.6 Å². The van der Waals surface area contributed by atoms with E-state index in [1.54, 1.807) is 0 Å². The number of hydrogen-bond donors (Lipinski definition) is 0. The zero-order valence-electron chi connectivity index (χ0n) is 7.31. The van der Waals surface area contributed by atoms with E-state index >= 15 is 0 Å². The van der Waals surface area contributed by atoms with Gasteiger partial charge in [0.15, 0.2) is 0 Å². The van der Waals surface area contributed by atoms with Gasteiger partial charge in [-0.3, -0.25) is 0 Å². The molecule has 0 bridgehead atoms. The third-order valence-corrected chi connectivity index (χ3v) is 2.68. The average Bonchev–Trinajstić information content (AvgIpc) is 1.87. The van der Waals surface area contributed by atoms with E-state index in [9.17, 15) is 0 Å². The zero-order valence-corrected chi connectivity index (χ0v) is 7.31. The fraction of sp³-hybridized carbons (Fsp3) is 1.00. The molecule has 1 unspecified atom stereocenters. The fourth-order valence-electron chi connectivity index (χ4n) is 1.83. The summed E-state index contributed by atoms with van der Waals surface area (Å²) in [6, 6.07) is 0. The molecule has 0 amide bonds. The van der Waals surface area contributed by atoms with Crippen LogP contribution in [0.25, 0.3) is 0 Å². The van der Waals surface area contributed by atoms with E-state index in [2.05, 4.69) is 20.8 Å². The third-order valence-electron chi connectivity index (χ3n) is 2.68. The van der Waals surface area contributed by atoms with Crippen LogP contribution in [0.3, 0.4) is 0 Å². The van der Waals surface area contributed by atoms with Gasteiger partial charge in [-0.2, -0.15) is 0 Å². The van der Waals surface area contributed by atoms with Gasteiger partial charge in [-0.25, -0.2) is 0 Å². The monoisotopic (exact) mass is 142 g/mol. The molecule has 0 aliphatic carbocycles. The SMILES string of the molecule is CCC1CCOCC1(C)C. The highest BCUT2D eigenvalue weighted by Gasteiger charge is 2.31. The minimum absolute atomic E-state index is 0.424. The van der Waals surface area contributed by atoms with Gasteiger partial charge in [0.2, 0.25) is 0 Å². The third kappa shape index (κ3) is 1.51. The Labute approximate surface area is 63.8 Å². The molecule has 1 aliphatic rings. The van der Waals surface area contributed by atoms with E-state index in [4.69, 9.17) is 4.74 Å². The molecule has 1 heterocycles. The highest BCUT2D eigenvalue weighted by molar-refractivity contribution is 4.80. The maximum atomic E-state index is 5.42. The molecule has 60 valence electrons. The van der Waals surface area contributed by atoms with Crippen molar-refractivity contribution in [1.82, 2.24) is 0 Å². The summed E-state index contributed by atoms with van der Waals surface area (Å²) in [5.41, 5.74) is 0.424. The normalized spacial score (nSPS) is 32.1. The number of ether oxygens (including phenoxy) is 1. The molecule has 0 spiro atoms. The van der Waals surface area contributed by atoms with Crippen molar-refractivity contribution in [3.8, 4) is 0 Å². The Balaban J connectivity index is 2.51. The topological polar surface area (TPSA) is 9.23 Å². The summed E-state index contributed by atoms with van der Waals surface area (Å²) in [4.78, 5) is 0. The van der Waals surface area contributed by atoms with E-state index in [0.29, 0.717) is 5.41 Å². The number of hydrogen-bond acceptors (Lipinski definition) is 1. The van der Waals surface area contributed by atoms with Crippen molar-refractivity contribution in [3.63, 3.8) is 0 Å². The Hall–Kier alpha value is -0.0400. The number of rotatable bonds is 1. The van der Waals surface area contributed by atoms with Crippen LogP contribution in [0.4, 0.5) is 0 Å². The molecule has 1 saturated heterocycles. The van der Waals surface area contributed by atoms with Crippen molar-refractivity contribution in [3.05, 3.63) is 0 Å². The van der Waals surface area contributed by atoms with E-state index in [0.717, 1.165) is 19.1 Å². The predicted molar refractivity (Wildman–Crippen MR) is 43.0 cm³/mol. The van der Waals surface area contributed by atoms with Crippen LogP contribution in [-0.4, -0.2) is 13.2 Å². The Morgan fingerprint density at radius 2 is 2.20 bits per heavy atom. The highest BCUT2D eigenvalue weighted by Crippen LogP contribution is 2.35. The summed E-state index contributed by atoms with van der Waals surface area (Å²) in [5, 5.41) is 0. The van der Waals surface area contributed by atoms with Crippen molar-refractivity contribution >= 4 is 0 Å². The van der Waals surface area contributed by atoms with Crippen molar-refractivity contribution in [2.75, 3.05) is 13.2 Å². The van der Waals surface area contributed by atoms with Gasteiger partial charge in [0.05, 0.1) is 6.61 Å². The first-order chi connectivity index (χ1) is 4.67. The zero-order chi connectivity index (χ0) is 7.61. The Morgan fingerprint density at radius 3 is 2.60 bits per heavy atom. The summed E-state index contributed by atoms with van der Waals surface area (Å²) in [6.45, 7) is 8.81. The summed E-state index contributed by atoms with van der Waals surface area (Å²) in [5.74, 6) is 0.876. The van der Waals surface area contributed by atoms with E-state index in [1.165, 1.54) is 12.8 Å². The molecule has 1 aliphatic heterocycles. The molecule has 0 N–H and O–H groups in total. The minimum Gasteiger partial charge on any atom is -0.381 e. The largest absolute Gasteiger partial charge is 0.381 e. The molecule has 1 nitrogen and oxygen atoms in total. The molecule has 10 heavy (non-hydrogen) atoms. The van der Waals surface area contributed by atoms with Gasteiger partial charge in [-0.15, -0.1) is 0 Å². The summed E-state index contributed by atoms with van der Waals surface area (Å²) >= 11 is 0. The molecule has 1 rings (SSSR count). The summed E-state index contributed by atoms with van der Waals surface area (Å²) in [6.07, 6.45) is 2.56. The molecule has 0 aromatic carbocycles. The quantitative estimate of drug-likeness (QED) is 0.546. The lowest BCUT2D eigenvalue weighted by Crippen LogP contribution is -2.34. The highest BCUT2D eigenvalue weighted by atomic mass is 16.5. The van der Waals surface area contributed by atoms with Crippen LogP contribution >= 0.6 is 0 Å². The second-order valence-electron chi connectivity index (χ2n) is 3.94. The van der Waals surface area contributed by atoms with Gasteiger partial charge in [0.1, 0.15) is 0 Å². The predicted octanol–water partition coefficient (Wildman–Crippen LogP) is 2.46. The van der Waals surface area contributed by atoms with Gasteiger partial charge < -0.3 is 4.74 Å². The van der Waals surface area contributed by atoms with Gasteiger partial charge in [0, 0.05) is 6.61 Å². The molecule has 0 aromatic heterocycles. The minimum atomic E-state index is 0.424. The summed E-state index contributed by atoms with van der Waals surface area (Å²) < 4.78 is 5.42. The van der Waals surface area contributed by atoms with E-state index in [1.807, 2.05) is 0 Å². The molecule has 0 saturated carbocycles. The first-order valence-corrected chi connectivity index (χ1v) is 4.24. The molecule has 1 fully saturated rings. The molecule has 0 radical (unpaired) electrons. The summed E-state index contributed by atoms with van der Waals surface area (Å²) in [7, 11) is 0. The van der Waals surface area contributed by atoms with Crippen LogP contribution in [0, 0.1) is 11.3 Å². The maximum Gasteiger partial charge on any atom is 0.0519 e. The van der Waals surface area contributed by atoms with Crippen LogP contribution < -0.4 is 0 Å². The van der Waals surface area contributed by atoms with Crippen LogP contribution in [0.1, 0.15) is 33.6 Å². The Kier molecular flexibility index (Phi) is 2.35. The fourth-order valence-corrected chi connectivity index (χ4v) is 1.83. The molecule has 0 aromatic rings.